The monoisotopic (exact) mass is 457 g/mol. The van der Waals surface area contributed by atoms with Crippen LogP contribution in [0.4, 0.5) is 0 Å². The van der Waals surface area contributed by atoms with E-state index in [4.69, 9.17) is 9.73 Å². The Kier molecular flexibility index (Phi) is 7.97. The molecule has 7 nitrogen and oxygen atoms in total. The van der Waals surface area contributed by atoms with Gasteiger partial charge in [0.25, 0.3) is 5.91 Å². The average molecular weight is 458 g/mol. The number of nitrogens with zero attached hydrogens (tertiary/aromatic N) is 5. The second-order valence-corrected chi connectivity index (χ2v) is 9.59. The molecule has 0 atom stereocenters. The van der Waals surface area contributed by atoms with Crippen molar-refractivity contribution in [1.82, 2.24) is 14.7 Å². The van der Waals surface area contributed by atoms with Gasteiger partial charge in [0.15, 0.2) is 0 Å². The van der Waals surface area contributed by atoms with Gasteiger partial charge < -0.3 is 14.5 Å². The zero-order chi connectivity index (χ0) is 22.3. The van der Waals surface area contributed by atoms with Crippen LogP contribution in [0.5, 0.6) is 5.75 Å². The molecule has 3 aliphatic rings. The Morgan fingerprint density at radius 1 is 1.16 bits per heavy atom. The Morgan fingerprint density at radius 3 is 2.66 bits per heavy atom. The summed E-state index contributed by atoms with van der Waals surface area (Å²) in [4.78, 5) is 29.4. The number of ether oxygens (including phenoxy) is 1. The second kappa shape index (κ2) is 11.1. The highest BCUT2D eigenvalue weighted by Gasteiger charge is 2.28. The molecule has 0 unspecified atom stereocenters. The summed E-state index contributed by atoms with van der Waals surface area (Å²) in [5.41, 5.74) is 1.27. The van der Waals surface area contributed by atoms with Gasteiger partial charge in [0, 0.05) is 51.5 Å². The van der Waals surface area contributed by atoms with Gasteiger partial charge in [0.2, 0.25) is 5.96 Å². The van der Waals surface area contributed by atoms with Crippen LogP contribution < -0.4 is 4.74 Å². The number of guanidine groups is 1. The fourth-order valence-electron chi connectivity index (χ4n) is 4.62. The van der Waals surface area contributed by atoms with Gasteiger partial charge >= 0.3 is 0 Å². The van der Waals surface area contributed by atoms with E-state index in [9.17, 15) is 4.79 Å². The molecule has 1 saturated carbocycles. The molecular formula is C24H35N5O2S. The first-order chi connectivity index (χ1) is 15.7. The molecule has 32 heavy (non-hydrogen) atoms. The summed E-state index contributed by atoms with van der Waals surface area (Å²) in [6.45, 7) is 11.8. The maximum atomic E-state index is 13.0. The van der Waals surface area contributed by atoms with Crippen molar-refractivity contribution in [3.05, 3.63) is 28.1 Å². The van der Waals surface area contributed by atoms with Gasteiger partial charge in [0.05, 0.1) is 6.61 Å². The van der Waals surface area contributed by atoms with Crippen LogP contribution in [0, 0.1) is 0 Å². The smallest absolute Gasteiger partial charge is 0.267 e. The SMILES string of the molecule is C=NC(=N/C=C1\CCCN(C(=O)c2sccc2OCC)CC1)N1CCN(C2CCC2)CC1. The third-order valence-electron chi connectivity index (χ3n) is 6.73. The number of aliphatic imine (C=N–C) groups is 2. The van der Waals surface area contributed by atoms with Crippen LogP contribution in [0.15, 0.2) is 33.2 Å². The van der Waals surface area contributed by atoms with Crippen molar-refractivity contribution in [1.29, 1.82) is 0 Å². The molecule has 0 radical (unpaired) electrons. The number of rotatable bonds is 5. The molecular weight excluding hydrogens is 422 g/mol. The normalized spacial score (nSPS) is 22.5. The molecule has 1 aromatic rings. The van der Waals surface area contributed by atoms with E-state index in [2.05, 4.69) is 21.5 Å². The summed E-state index contributed by atoms with van der Waals surface area (Å²) in [5.74, 6) is 1.50. The molecule has 1 amide bonds. The van der Waals surface area contributed by atoms with Crippen molar-refractivity contribution in [3.63, 3.8) is 0 Å². The Balaban J connectivity index is 1.33. The van der Waals surface area contributed by atoms with E-state index in [1.54, 1.807) is 0 Å². The van der Waals surface area contributed by atoms with Crippen molar-refractivity contribution in [3.8, 4) is 5.75 Å². The van der Waals surface area contributed by atoms with Gasteiger partial charge in [-0.25, -0.2) is 9.98 Å². The summed E-state index contributed by atoms with van der Waals surface area (Å²) >= 11 is 1.46. The molecule has 2 saturated heterocycles. The molecule has 174 valence electrons. The third-order valence-corrected chi connectivity index (χ3v) is 7.62. The summed E-state index contributed by atoms with van der Waals surface area (Å²) in [6.07, 6.45) is 8.79. The van der Waals surface area contributed by atoms with Crippen LogP contribution >= 0.6 is 11.3 Å². The largest absolute Gasteiger partial charge is 0.492 e. The molecule has 3 fully saturated rings. The summed E-state index contributed by atoms with van der Waals surface area (Å²) in [7, 11) is 0. The van der Waals surface area contributed by atoms with Gasteiger partial charge in [0.1, 0.15) is 10.6 Å². The molecule has 2 aliphatic heterocycles. The minimum Gasteiger partial charge on any atom is -0.492 e. The summed E-state index contributed by atoms with van der Waals surface area (Å²) < 4.78 is 5.62. The number of likely N-dealkylation sites (tertiary alicyclic amines) is 1. The predicted molar refractivity (Wildman–Crippen MR) is 131 cm³/mol. The van der Waals surface area contributed by atoms with E-state index >= 15 is 0 Å². The highest BCUT2D eigenvalue weighted by atomic mass is 32.1. The standard InChI is InChI=1S/C24H35N5O2S/c1-3-31-21-10-17-32-22(21)23(30)28-11-5-6-19(9-12-28)18-26-24(25-2)29-15-13-27(14-16-29)20-7-4-8-20/h10,17-18,20H,2-9,11-16H2,1H3/b19-18+,26-24?. The molecule has 1 aromatic heterocycles. The highest BCUT2D eigenvalue weighted by molar-refractivity contribution is 7.12. The predicted octanol–water partition coefficient (Wildman–Crippen LogP) is 3.88. The average Bonchev–Trinajstić information content (AvgIpc) is 3.10. The number of hydrogen-bond acceptors (Lipinski definition) is 5. The molecule has 0 aromatic carbocycles. The van der Waals surface area contributed by atoms with Crippen LogP contribution in [-0.4, -0.2) is 85.2 Å². The quantitative estimate of drug-likeness (QED) is 0.497. The van der Waals surface area contributed by atoms with Crippen LogP contribution in [0.25, 0.3) is 0 Å². The summed E-state index contributed by atoms with van der Waals surface area (Å²) in [5, 5.41) is 1.92. The first-order valence-corrected chi connectivity index (χ1v) is 12.8. The highest BCUT2D eigenvalue weighted by Crippen LogP contribution is 2.28. The molecule has 0 spiro atoms. The zero-order valence-corrected chi connectivity index (χ0v) is 20.0. The Morgan fingerprint density at radius 2 is 1.97 bits per heavy atom. The third kappa shape index (κ3) is 5.41. The number of thiophene rings is 1. The van der Waals surface area contributed by atoms with Crippen LogP contribution in [0.1, 0.15) is 55.1 Å². The van der Waals surface area contributed by atoms with E-state index < -0.39 is 0 Å². The number of hydrogen-bond donors (Lipinski definition) is 0. The lowest BCUT2D eigenvalue weighted by Crippen LogP contribution is -2.53. The number of carbonyl (C=O) groups excluding carboxylic acids is 1. The lowest BCUT2D eigenvalue weighted by atomic mass is 9.91. The molecule has 4 rings (SSSR count). The van der Waals surface area contributed by atoms with Gasteiger partial charge in [-0.1, -0.05) is 6.42 Å². The first-order valence-electron chi connectivity index (χ1n) is 11.9. The number of piperazine rings is 1. The van der Waals surface area contributed by atoms with Crippen molar-refractivity contribution < 1.29 is 9.53 Å². The van der Waals surface area contributed by atoms with Crippen molar-refractivity contribution in [2.45, 2.75) is 51.5 Å². The Bertz CT molecular complexity index is 852. The Labute approximate surface area is 195 Å². The zero-order valence-electron chi connectivity index (χ0n) is 19.2. The minimum atomic E-state index is 0.0750. The fraction of sp³-hybridized carbons (Fsp3) is 0.625. The maximum Gasteiger partial charge on any atom is 0.267 e. The minimum absolute atomic E-state index is 0.0750. The van der Waals surface area contributed by atoms with Crippen LogP contribution in [0.2, 0.25) is 0 Å². The summed E-state index contributed by atoms with van der Waals surface area (Å²) in [6, 6.07) is 2.68. The van der Waals surface area contributed by atoms with Crippen molar-refractivity contribution in [2.75, 3.05) is 45.9 Å². The molecule has 8 heteroatoms. The topological polar surface area (TPSA) is 60.7 Å². The van der Waals surface area contributed by atoms with Crippen LogP contribution in [0.3, 0.4) is 0 Å². The lowest BCUT2D eigenvalue weighted by Gasteiger charge is -2.43. The van der Waals surface area contributed by atoms with Crippen LogP contribution in [-0.2, 0) is 0 Å². The van der Waals surface area contributed by atoms with Crippen molar-refractivity contribution >= 4 is 29.9 Å². The first kappa shape index (κ1) is 23.0. The lowest BCUT2D eigenvalue weighted by molar-refractivity contribution is 0.0764. The van der Waals surface area contributed by atoms with E-state index in [0.717, 1.165) is 64.0 Å². The van der Waals surface area contributed by atoms with Gasteiger partial charge in [-0.2, -0.15) is 0 Å². The van der Waals surface area contributed by atoms with Gasteiger partial charge in [-0.05, 0) is 62.8 Å². The van der Waals surface area contributed by atoms with E-state index in [-0.39, 0.29) is 5.91 Å². The Hall–Kier alpha value is -2.19. The molecule has 1 aliphatic carbocycles. The van der Waals surface area contributed by atoms with Gasteiger partial charge in [-0.3, -0.25) is 9.69 Å². The second-order valence-electron chi connectivity index (χ2n) is 8.68. The van der Waals surface area contributed by atoms with E-state index in [0.29, 0.717) is 23.8 Å². The van der Waals surface area contributed by atoms with Gasteiger partial charge in [-0.15, -0.1) is 11.3 Å². The number of amides is 1. The number of carbonyl (C=O) groups is 1. The fourth-order valence-corrected chi connectivity index (χ4v) is 5.42. The maximum absolute atomic E-state index is 13.0. The van der Waals surface area contributed by atoms with E-state index in [1.165, 1.54) is 36.2 Å². The molecule has 0 N–H and O–H groups in total. The van der Waals surface area contributed by atoms with Crippen molar-refractivity contribution in [2.24, 2.45) is 9.98 Å². The molecule has 3 heterocycles. The molecule has 0 bridgehead atoms. The van der Waals surface area contributed by atoms with E-state index in [1.807, 2.05) is 29.5 Å².